The average molecular weight is 234 g/mol. The van der Waals surface area contributed by atoms with Crippen LogP contribution in [0.25, 0.3) is 0 Å². The zero-order chi connectivity index (χ0) is 11.5. The molecule has 1 aromatic rings. The summed E-state index contributed by atoms with van der Waals surface area (Å²) in [5.74, 6) is 1.16. The van der Waals surface area contributed by atoms with Gasteiger partial charge in [0.05, 0.1) is 5.69 Å². The molecular formula is C13H18N2S. The highest BCUT2D eigenvalue weighted by Gasteiger charge is 2.14. The fourth-order valence-corrected chi connectivity index (χ4v) is 2.75. The van der Waals surface area contributed by atoms with Crippen LogP contribution in [0.2, 0.25) is 0 Å². The van der Waals surface area contributed by atoms with Gasteiger partial charge >= 0.3 is 0 Å². The van der Waals surface area contributed by atoms with E-state index in [0.717, 1.165) is 12.3 Å². The molecule has 0 atom stereocenters. The first-order chi connectivity index (χ1) is 7.70. The molecule has 2 rings (SSSR count). The van der Waals surface area contributed by atoms with E-state index in [0.29, 0.717) is 0 Å². The van der Waals surface area contributed by atoms with E-state index in [2.05, 4.69) is 60.7 Å². The number of thioether (sulfide) groups is 1. The van der Waals surface area contributed by atoms with E-state index in [1.165, 1.54) is 16.8 Å². The molecule has 16 heavy (non-hydrogen) atoms. The van der Waals surface area contributed by atoms with Crippen molar-refractivity contribution in [3.8, 4) is 0 Å². The highest BCUT2D eigenvalue weighted by molar-refractivity contribution is 8.02. The van der Waals surface area contributed by atoms with E-state index >= 15 is 0 Å². The van der Waals surface area contributed by atoms with Crippen LogP contribution >= 0.6 is 11.8 Å². The molecule has 0 amide bonds. The normalized spacial score (nSPS) is 15.3. The summed E-state index contributed by atoms with van der Waals surface area (Å²) >= 11 is 1.87. The van der Waals surface area contributed by atoms with Crippen molar-refractivity contribution >= 4 is 17.4 Å². The molecule has 0 N–H and O–H groups in total. The lowest BCUT2D eigenvalue weighted by Gasteiger charge is -2.36. The van der Waals surface area contributed by atoms with Gasteiger partial charge in [0.25, 0.3) is 0 Å². The van der Waals surface area contributed by atoms with Gasteiger partial charge in [-0.15, -0.1) is 11.8 Å². The molecule has 0 aromatic heterocycles. The second-order valence-electron chi connectivity index (χ2n) is 4.08. The number of hydrazine groups is 1. The van der Waals surface area contributed by atoms with E-state index in [1.807, 2.05) is 11.8 Å². The Bertz CT molecular complexity index is 381. The summed E-state index contributed by atoms with van der Waals surface area (Å²) in [5.41, 5.74) is 3.97. The van der Waals surface area contributed by atoms with Crippen molar-refractivity contribution in [2.45, 2.75) is 13.8 Å². The van der Waals surface area contributed by atoms with Gasteiger partial charge in [-0.1, -0.05) is 18.2 Å². The molecule has 0 radical (unpaired) electrons. The first-order valence-electron chi connectivity index (χ1n) is 5.55. The van der Waals surface area contributed by atoms with Gasteiger partial charge in [0.1, 0.15) is 0 Å². The van der Waals surface area contributed by atoms with Crippen LogP contribution in [-0.2, 0) is 0 Å². The van der Waals surface area contributed by atoms with Crippen molar-refractivity contribution in [2.24, 2.45) is 0 Å². The maximum atomic E-state index is 2.27. The average Bonchev–Trinajstić information content (AvgIpc) is 2.30. The van der Waals surface area contributed by atoms with E-state index < -0.39 is 0 Å². The topological polar surface area (TPSA) is 6.48 Å². The van der Waals surface area contributed by atoms with E-state index in [-0.39, 0.29) is 0 Å². The molecule has 0 bridgehead atoms. The van der Waals surface area contributed by atoms with Crippen molar-refractivity contribution in [3.05, 3.63) is 40.9 Å². The van der Waals surface area contributed by atoms with Gasteiger partial charge in [0.2, 0.25) is 0 Å². The number of benzene rings is 1. The molecule has 2 nitrogen and oxygen atoms in total. The maximum absolute atomic E-state index is 2.27. The fraction of sp³-hybridized carbons (Fsp3) is 0.385. The Hall–Kier alpha value is -1.09. The second-order valence-corrected chi connectivity index (χ2v) is 5.10. The summed E-state index contributed by atoms with van der Waals surface area (Å²) in [5, 5.41) is 6.68. The number of para-hydroxylation sites is 1. The smallest absolute Gasteiger partial charge is 0.0628 e. The van der Waals surface area contributed by atoms with Crippen molar-refractivity contribution in [1.29, 1.82) is 0 Å². The SMILES string of the molecule is Cc1cccc(C)c1N(C)N1C=CSCC1. The van der Waals surface area contributed by atoms with Crippen LogP contribution in [-0.4, -0.2) is 24.4 Å². The van der Waals surface area contributed by atoms with Crippen LogP contribution < -0.4 is 5.01 Å². The van der Waals surface area contributed by atoms with Crippen LogP contribution in [0.15, 0.2) is 29.8 Å². The molecule has 0 unspecified atom stereocenters. The molecular weight excluding hydrogens is 216 g/mol. The Kier molecular flexibility index (Phi) is 3.44. The van der Waals surface area contributed by atoms with Gasteiger partial charge < -0.3 is 0 Å². The van der Waals surface area contributed by atoms with Crippen LogP contribution in [0.1, 0.15) is 11.1 Å². The highest BCUT2D eigenvalue weighted by atomic mass is 32.2. The summed E-state index contributed by atoms with van der Waals surface area (Å²) in [6.45, 7) is 5.41. The second kappa shape index (κ2) is 4.83. The monoisotopic (exact) mass is 234 g/mol. The maximum Gasteiger partial charge on any atom is 0.0628 e. The third-order valence-corrected chi connectivity index (χ3v) is 3.65. The van der Waals surface area contributed by atoms with Gasteiger partial charge in [-0.2, -0.15) is 0 Å². The van der Waals surface area contributed by atoms with Crippen molar-refractivity contribution in [2.75, 3.05) is 24.4 Å². The van der Waals surface area contributed by atoms with E-state index in [9.17, 15) is 0 Å². The number of nitrogens with zero attached hydrogens (tertiary/aromatic N) is 2. The largest absolute Gasteiger partial charge is 0.292 e. The summed E-state index contributed by atoms with van der Waals surface area (Å²) in [6, 6.07) is 6.45. The number of hydrogen-bond donors (Lipinski definition) is 0. The predicted molar refractivity (Wildman–Crippen MR) is 72.6 cm³/mol. The zero-order valence-corrected chi connectivity index (χ0v) is 10.9. The minimum absolute atomic E-state index is 1.07. The van der Waals surface area contributed by atoms with Crippen molar-refractivity contribution < 1.29 is 0 Å². The fourth-order valence-electron chi connectivity index (χ4n) is 2.10. The Balaban J connectivity index is 2.29. The Morgan fingerprint density at radius 1 is 1.25 bits per heavy atom. The first kappa shape index (κ1) is 11.4. The Morgan fingerprint density at radius 2 is 1.94 bits per heavy atom. The molecule has 0 saturated heterocycles. The molecule has 0 saturated carbocycles. The van der Waals surface area contributed by atoms with Crippen LogP contribution in [0.4, 0.5) is 5.69 Å². The molecule has 86 valence electrons. The molecule has 3 heteroatoms. The lowest BCUT2D eigenvalue weighted by atomic mass is 10.1. The molecule has 0 spiro atoms. The van der Waals surface area contributed by atoms with E-state index in [1.54, 1.807) is 0 Å². The summed E-state index contributed by atoms with van der Waals surface area (Å²) in [4.78, 5) is 0. The summed E-state index contributed by atoms with van der Waals surface area (Å²) in [7, 11) is 2.13. The molecule has 1 aromatic carbocycles. The summed E-state index contributed by atoms with van der Waals surface area (Å²) < 4.78 is 0. The predicted octanol–water partition coefficient (Wildman–Crippen LogP) is 3.17. The van der Waals surface area contributed by atoms with E-state index in [4.69, 9.17) is 0 Å². The first-order valence-corrected chi connectivity index (χ1v) is 6.60. The third-order valence-electron chi connectivity index (χ3n) is 2.92. The van der Waals surface area contributed by atoms with Crippen LogP contribution in [0.3, 0.4) is 0 Å². The lowest BCUT2D eigenvalue weighted by molar-refractivity contribution is 0.385. The number of hydrogen-bond acceptors (Lipinski definition) is 3. The Morgan fingerprint density at radius 3 is 2.50 bits per heavy atom. The Labute approximate surface area is 102 Å². The number of rotatable bonds is 2. The van der Waals surface area contributed by atoms with Crippen LogP contribution in [0, 0.1) is 13.8 Å². The summed E-state index contributed by atoms with van der Waals surface area (Å²) in [6.07, 6.45) is 2.15. The standard InChI is InChI=1S/C13H18N2S/c1-11-5-4-6-12(2)13(11)14(3)15-7-9-16-10-8-15/h4-7,9H,8,10H2,1-3H3. The third kappa shape index (κ3) is 2.19. The van der Waals surface area contributed by atoms with Crippen molar-refractivity contribution in [3.63, 3.8) is 0 Å². The molecule has 1 aliphatic heterocycles. The number of anilines is 1. The van der Waals surface area contributed by atoms with Gasteiger partial charge in [-0.3, -0.25) is 10.0 Å². The van der Waals surface area contributed by atoms with Gasteiger partial charge in [-0.25, -0.2) is 0 Å². The minimum atomic E-state index is 1.07. The molecule has 0 aliphatic carbocycles. The molecule has 0 fully saturated rings. The quantitative estimate of drug-likeness (QED) is 0.776. The highest BCUT2D eigenvalue weighted by Crippen LogP contribution is 2.26. The van der Waals surface area contributed by atoms with Gasteiger partial charge in [0.15, 0.2) is 0 Å². The molecule has 1 heterocycles. The number of aryl methyl sites for hydroxylation is 2. The van der Waals surface area contributed by atoms with Gasteiger partial charge in [0, 0.05) is 25.5 Å². The lowest BCUT2D eigenvalue weighted by Crippen LogP contribution is -2.39. The van der Waals surface area contributed by atoms with Gasteiger partial charge in [-0.05, 0) is 30.4 Å². The zero-order valence-electron chi connectivity index (χ0n) is 10.1. The molecule has 1 aliphatic rings. The van der Waals surface area contributed by atoms with Crippen LogP contribution in [0.5, 0.6) is 0 Å². The van der Waals surface area contributed by atoms with Crippen molar-refractivity contribution in [1.82, 2.24) is 5.01 Å². The minimum Gasteiger partial charge on any atom is -0.292 e.